The van der Waals surface area contributed by atoms with Gasteiger partial charge in [0.15, 0.2) is 0 Å². The van der Waals surface area contributed by atoms with Crippen LogP contribution in [0.5, 0.6) is 0 Å². The van der Waals surface area contributed by atoms with Gasteiger partial charge in [-0.05, 0) is 30.4 Å². The third-order valence-electron chi connectivity index (χ3n) is 3.22. The molecular formula is C12H12ClNO. The van der Waals surface area contributed by atoms with Crippen molar-refractivity contribution in [3.05, 3.63) is 35.4 Å². The van der Waals surface area contributed by atoms with E-state index in [1.54, 1.807) is 0 Å². The number of hydrogen-bond acceptors (Lipinski definition) is 1. The van der Waals surface area contributed by atoms with Gasteiger partial charge < -0.3 is 5.32 Å². The molecule has 1 aromatic rings. The van der Waals surface area contributed by atoms with E-state index in [1.807, 2.05) is 24.3 Å². The Morgan fingerprint density at radius 3 is 2.80 bits per heavy atom. The number of fused-ring (bicyclic) bond motifs is 1. The normalized spacial score (nSPS) is 25.9. The van der Waals surface area contributed by atoms with Crippen molar-refractivity contribution in [2.75, 3.05) is 0 Å². The summed E-state index contributed by atoms with van der Waals surface area (Å²) in [6, 6.07) is 7.73. The lowest BCUT2D eigenvalue weighted by Crippen LogP contribution is -2.27. The summed E-state index contributed by atoms with van der Waals surface area (Å²) in [4.78, 5) is 11.7. The number of benzene rings is 1. The molecule has 2 aliphatic rings. The fraction of sp³-hybridized carbons (Fsp3) is 0.417. The average Bonchev–Trinajstić information content (AvgIpc) is 3.04. The molecule has 1 amide bonds. The topological polar surface area (TPSA) is 29.1 Å². The highest BCUT2D eigenvalue weighted by molar-refractivity contribution is 6.22. The molecule has 1 aliphatic carbocycles. The number of alkyl halides is 1. The largest absolute Gasteiger partial charge is 0.344 e. The molecule has 1 aromatic carbocycles. The number of hydrogen-bond donors (Lipinski definition) is 1. The van der Waals surface area contributed by atoms with E-state index < -0.39 is 0 Å². The van der Waals surface area contributed by atoms with E-state index in [0.717, 1.165) is 11.1 Å². The molecule has 0 bridgehead atoms. The van der Waals surface area contributed by atoms with Gasteiger partial charge in [0.25, 0.3) is 5.91 Å². The van der Waals surface area contributed by atoms with E-state index in [2.05, 4.69) is 5.32 Å². The van der Waals surface area contributed by atoms with Crippen LogP contribution in [0.25, 0.3) is 0 Å². The summed E-state index contributed by atoms with van der Waals surface area (Å²) in [5.74, 6) is 0.602. The van der Waals surface area contributed by atoms with E-state index in [0.29, 0.717) is 5.92 Å². The van der Waals surface area contributed by atoms with Crippen LogP contribution in [-0.2, 0) is 0 Å². The minimum absolute atomic E-state index is 0.0156. The van der Waals surface area contributed by atoms with Gasteiger partial charge >= 0.3 is 0 Å². The van der Waals surface area contributed by atoms with Crippen LogP contribution in [0.3, 0.4) is 0 Å². The minimum Gasteiger partial charge on any atom is -0.344 e. The second-order valence-corrected chi connectivity index (χ2v) is 4.82. The SMILES string of the molecule is O=C1N[C@@H]([C@H](Cl)C2CC2)c2ccccc21. The van der Waals surface area contributed by atoms with Crippen LogP contribution in [0.2, 0.25) is 0 Å². The molecule has 0 unspecified atom stereocenters. The Bertz CT molecular complexity index is 414. The van der Waals surface area contributed by atoms with Crippen LogP contribution in [0, 0.1) is 5.92 Å². The van der Waals surface area contributed by atoms with E-state index in [-0.39, 0.29) is 17.3 Å². The van der Waals surface area contributed by atoms with Crippen molar-refractivity contribution in [3.8, 4) is 0 Å². The minimum atomic E-state index is 0.0156. The smallest absolute Gasteiger partial charge is 0.252 e. The Balaban J connectivity index is 1.96. The van der Waals surface area contributed by atoms with Gasteiger partial charge in [0.1, 0.15) is 0 Å². The molecule has 1 heterocycles. The quantitative estimate of drug-likeness (QED) is 0.764. The highest BCUT2D eigenvalue weighted by Crippen LogP contribution is 2.43. The number of carbonyl (C=O) groups excluding carboxylic acids is 1. The van der Waals surface area contributed by atoms with Crippen LogP contribution >= 0.6 is 11.6 Å². The monoisotopic (exact) mass is 221 g/mol. The predicted octanol–water partition coefficient (Wildman–Crippen LogP) is 2.49. The van der Waals surface area contributed by atoms with Crippen LogP contribution in [-0.4, -0.2) is 11.3 Å². The van der Waals surface area contributed by atoms with E-state index >= 15 is 0 Å². The first-order valence-electron chi connectivity index (χ1n) is 5.31. The third kappa shape index (κ3) is 1.44. The third-order valence-corrected chi connectivity index (χ3v) is 3.83. The van der Waals surface area contributed by atoms with Crippen LogP contribution in [0.4, 0.5) is 0 Å². The number of rotatable bonds is 2. The zero-order valence-corrected chi connectivity index (χ0v) is 9.00. The van der Waals surface area contributed by atoms with Crippen molar-refractivity contribution in [1.29, 1.82) is 0 Å². The van der Waals surface area contributed by atoms with E-state index in [9.17, 15) is 4.79 Å². The summed E-state index contributed by atoms with van der Waals surface area (Å²) < 4.78 is 0. The molecule has 0 saturated heterocycles. The van der Waals surface area contributed by atoms with Crippen molar-refractivity contribution >= 4 is 17.5 Å². The maximum absolute atomic E-state index is 11.7. The lowest BCUT2D eigenvalue weighted by Gasteiger charge is -2.17. The highest BCUT2D eigenvalue weighted by atomic mass is 35.5. The summed E-state index contributed by atoms with van der Waals surface area (Å²) >= 11 is 6.36. The Morgan fingerprint density at radius 1 is 1.33 bits per heavy atom. The Hall–Kier alpha value is -1.02. The molecule has 3 heteroatoms. The van der Waals surface area contributed by atoms with Gasteiger partial charge in [-0.25, -0.2) is 0 Å². The standard InChI is InChI=1S/C12H12ClNO/c13-10(7-5-6-7)11-8-3-1-2-4-9(8)12(15)14-11/h1-4,7,10-11H,5-6H2,(H,14,15)/t10-,11-/m1/s1. The van der Waals surface area contributed by atoms with Gasteiger partial charge in [-0.1, -0.05) is 18.2 Å². The fourth-order valence-corrected chi connectivity index (χ4v) is 2.66. The van der Waals surface area contributed by atoms with Gasteiger partial charge in [-0.2, -0.15) is 0 Å². The summed E-state index contributed by atoms with van der Waals surface area (Å²) in [5.41, 5.74) is 1.85. The lowest BCUT2D eigenvalue weighted by atomic mass is 10.0. The fourth-order valence-electron chi connectivity index (χ4n) is 2.21. The second kappa shape index (κ2) is 3.24. The van der Waals surface area contributed by atoms with Crippen LogP contribution < -0.4 is 5.32 Å². The Labute approximate surface area is 93.6 Å². The second-order valence-electron chi connectivity index (χ2n) is 4.32. The molecule has 3 rings (SSSR count). The maximum atomic E-state index is 11.7. The molecule has 0 aromatic heterocycles. The first-order valence-corrected chi connectivity index (χ1v) is 5.75. The van der Waals surface area contributed by atoms with Gasteiger partial charge in [0, 0.05) is 5.56 Å². The first kappa shape index (κ1) is 9.22. The van der Waals surface area contributed by atoms with Crippen LogP contribution in [0.15, 0.2) is 24.3 Å². The molecule has 1 fully saturated rings. The molecule has 1 N–H and O–H groups in total. The zero-order chi connectivity index (χ0) is 10.4. The predicted molar refractivity (Wildman–Crippen MR) is 59.0 cm³/mol. The molecule has 1 aliphatic heterocycles. The molecular weight excluding hydrogens is 210 g/mol. The molecule has 2 nitrogen and oxygen atoms in total. The van der Waals surface area contributed by atoms with Crippen molar-refractivity contribution < 1.29 is 4.79 Å². The summed E-state index contributed by atoms with van der Waals surface area (Å²) in [5, 5.41) is 3.02. The molecule has 78 valence electrons. The maximum Gasteiger partial charge on any atom is 0.252 e. The van der Waals surface area contributed by atoms with E-state index in [4.69, 9.17) is 11.6 Å². The summed E-state index contributed by atoms with van der Waals surface area (Å²) in [7, 11) is 0. The zero-order valence-electron chi connectivity index (χ0n) is 8.24. The molecule has 0 spiro atoms. The van der Waals surface area contributed by atoms with Gasteiger partial charge in [0.05, 0.1) is 11.4 Å². The Kier molecular flexibility index (Phi) is 1.99. The van der Waals surface area contributed by atoms with Gasteiger partial charge in [0.2, 0.25) is 0 Å². The van der Waals surface area contributed by atoms with Crippen molar-refractivity contribution in [3.63, 3.8) is 0 Å². The van der Waals surface area contributed by atoms with Gasteiger partial charge in [-0.3, -0.25) is 4.79 Å². The highest BCUT2D eigenvalue weighted by Gasteiger charge is 2.40. The number of halogens is 1. The van der Waals surface area contributed by atoms with Crippen molar-refractivity contribution in [2.45, 2.75) is 24.3 Å². The number of nitrogens with one attached hydrogen (secondary N) is 1. The van der Waals surface area contributed by atoms with Crippen molar-refractivity contribution in [2.24, 2.45) is 5.92 Å². The van der Waals surface area contributed by atoms with Crippen LogP contribution in [0.1, 0.15) is 34.8 Å². The average molecular weight is 222 g/mol. The Morgan fingerprint density at radius 2 is 2.07 bits per heavy atom. The summed E-state index contributed by atoms with van der Waals surface area (Å²) in [6.45, 7) is 0. The number of amides is 1. The van der Waals surface area contributed by atoms with Crippen molar-refractivity contribution in [1.82, 2.24) is 5.32 Å². The number of carbonyl (C=O) groups is 1. The molecule has 15 heavy (non-hydrogen) atoms. The lowest BCUT2D eigenvalue weighted by molar-refractivity contribution is 0.0954. The first-order chi connectivity index (χ1) is 7.27. The summed E-state index contributed by atoms with van der Waals surface area (Å²) in [6.07, 6.45) is 2.39. The molecule has 0 radical (unpaired) electrons. The molecule has 2 atom stereocenters. The molecule has 1 saturated carbocycles. The van der Waals surface area contributed by atoms with Gasteiger partial charge in [-0.15, -0.1) is 11.6 Å². The van der Waals surface area contributed by atoms with E-state index in [1.165, 1.54) is 12.8 Å².